The van der Waals surface area contributed by atoms with Crippen LogP contribution >= 0.6 is 0 Å². The number of hydrogen-bond donors (Lipinski definition) is 2. The molecule has 4 heteroatoms. The average Bonchev–Trinajstić information content (AvgIpc) is 2.27. The highest BCUT2D eigenvalue weighted by Gasteiger charge is 2.12. The molecule has 17 heavy (non-hydrogen) atoms. The highest BCUT2D eigenvalue weighted by molar-refractivity contribution is 6.00. The van der Waals surface area contributed by atoms with Crippen molar-refractivity contribution in [1.29, 1.82) is 5.41 Å². The molecule has 0 aromatic heterocycles. The van der Waals surface area contributed by atoms with Gasteiger partial charge >= 0.3 is 0 Å². The largest absolute Gasteiger partial charge is 0.497 e. The minimum absolute atomic E-state index is 0.0817. The van der Waals surface area contributed by atoms with E-state index in [1.807, 2.05) is 25.2 Å². The van der Waals surface area contributed by atoms with Crippen molar-refractivity contribution in [2.75, 3.05) is 25.6 Å². The Morgan fingerprint density at radius 3 is 2.59 bits per heavy atom. The van der Waals surface area contributed by atoms with Crippen LogP contribution in [0.4, 0.5) is 5.69 Å². The zero-order valence-corrected chi connectivity index (χ0v) is 10.9. The van der Waals surface area contributed by atoms with Crippen molar-refractivity contribution >= 4 is 11.5 Å². The summed E-state index contributed by atoms with van der Waals surface area (Å²) in [6.45, 7) is 5.22. The molecule has 0 fully saturated rings. The van der Waals surface area contributed by atoms with Gasteiger partial charge < -0.3 is 15.4 Å². The predicted octanol–water partition coefficient (Wildman–Crippen LogP) is 2.07. The van der Waals surface area contributed by atoms with E-state index in [4.69, 9.17) is 15.9 Å². The number of nitrogens with two attached hydrogens (primary N) is 1. The number of ether oxygens (including phenoxy) is 1. The number of anilines is 1. The quantitative estimate of drug-likeness (QED) is 0.606. The lowest BCUT2D eigenvalue weighted by atomic mass is 10.1. The fourth-order valence-electron chi connectivity index (χ4n) is 1.83. The summed E-state index contributed by atoms with van der Waals surface area (Å²) in [5.74, 6) is 1.41. The first-order valence-electron chi connectivity index (χ1n) is 5.69. The Balaban J connectivity index is 3.12. The van der Waals surface area contributed by atoms with E-state index in [1.54, 1.807) is 7.11 Å². The predicted molar refractivity (Wildman–Crippen MR) is 72.1 cm³/mol. The first-order valence-corrected chi connectivity index (χ1v) is 5.69. The summed E-state index contributed by atoms with van der Waals surface area (Å²) in [6, 6.07) is 5.57. The Morgan fingerprint density at radius 2 is 2.12 bits per heavy atom. The maximum atomic E-state index is 7.59. The molecule has 0 bridgehead atoms. The van der Waals surface area contributed by atoms with Crippen molar-refractivity contribution < 1.29 is 4.74 Å². The molecule has 0 heterocycles. The molecule has 0 saturated carbocycles. The van der Waals surface area contributed by atoms with E-state index < -0.39 is 0 Å². The van der Waals surface area contributed by atoms with Gasteiger partial charge in [0, 0.05) is 25.2 Å². The van der Waals surface area contributed by atoms with E-state index in [1.165, 1.54) is 0 Å². The van der Waals surface area contributed by atoms with Gasteiger partial charge in [-0.25, -0.2) is 0 Å². The topological polar surface area (TPSA) is 62.3 Å². The van der Waals surface area contributed by atoms with E-state index in [-0.39, 0.29) is 5.84 Å². The number of rotatable bonds is 5. The number of nitrogens with zero attached hydrogens (tertiary/aromatic N) is 1. The molecular formula is C13H21N3O. The smallest absolute Gasteiger partial charge is 0.124 e. The van der Waals surface area contributed by atoms with Crippen LogP contribution < -0.4 is 15.4 Å². The van der Waals surface area contributed by atoms with Crippen LogP contribution in [0.15, 0.2) is 18.2 Å². The second kappa shape index (κ2) is 5.57. The summed E-state index contributed by atoms with van der Waals surface area (Å²) >= 11 is 0. The van der Waals surface area contributed by atoms with Gasteiger partial charge in [-0.3, -0.25) is 5.41 Å². The number of hydrogen-bond acceptors (Lipinski definition) is 3. The van der Waals surface area contributed by atoms with E-state index >= 15 is 0 Å². The van der Waals surface area contributed by atoms with Gasteiger partial charge in [0.2, 0.25) is 0 Å². The zero-order chi connectivity index (χ0) is 13.0. The molecule has 1 rings (SSSR count). The molecule has 0 amide bonds. The van der Waals surface area contributed by atoms with Gasteiger partial charge in [-0.15, -0.1) is 0 Å². The van der Waals surface area contributed by atoms with Gasteiger partial charge in [-0.2, -0.15) is 0 Å². The van der Waals surface area contributed by atoms with Crippen LogP contribution in [0.5, 0.6) is 5.75 Å². The Morgan fingerprint density at radius 1 is 1.47 bits per heavy atom. The van der Waals surface area contributed by atoms with Crippen LogP contribution in [0, 0.1) is 11.3 Å². The summed E-state index contributed by atoms with van der Waals surface area (Å²) in [5, 5.41) is 7.59. The summed E-state index contributed by atoms with van der Waals surface area (Å²) in [7, 11) is 3.64. The summed E-state index contributed by atoms with van der Waals surface area (Å²) < 4.78 is 5.21. The Kier molecular flexibility index (Phi) is 4.37. The zero-order valence-electron chi connectivity index (χ0n) is 10.9. The molecule has 0 saturated heterocycles. The van der Waals surface area contributed by atoms with E-state index in [0.717, 1.165) is 23.5 Å². The fraction of sp³-hybridized carbons (Fsp3) is 0.462. The second-order valence-corrected chi connectivity index (χ2v) is 4.57. The van der Waals surface area contributed by atoms with Crippen molar-refractivity contribution in [3.8, 4) is 5.75 Å². The molecule has 0 spiro atoms. The molecule has 0 aliphatic heterocycles. The highest BCUT2D eigenvalue weighted by Crippen LogP contribution is 2.25. The third-order valence-electron chi connectivity index (χ3n) is 2.55. The lowest BCUT2D eigenvalue weighted by Crippen LogP contribution is -2.26. The third kappa shape index (κ3) is 3.37. The molecule has 0 aliphatic rings. The first kappa shape index (κ1) is 13.4. The molecule has 0 aliphatic carbocycles. The van der Waals surface area contributed by atoms with Crippen LogP contribution in [-0.2, 0) is 0 Å². The SMILES string of the molecule is COc1ccc(C(=N)N)c(N(C)CC(C)C)c1. The molecular weight excluding hydrogens is 214 g/mol. The fourth-order valence-corrected chi connectivity index (χ4v) is 1.83. The van der Waals surface area contributed by atoms with Crippen molar-refractivity contribution in [2.24, 2.45) is 11.7 Å². The van der Waals surface area contributed by atoms with Crippen molar-refractivity contribution in [3.63, 3.8) is 0 Å². The maximum Gasteiger partial charge on any atom is 0.124 e. The number of nitrogen functional groups attached to an aromatic ring is 1. The van der Waals surface area contributed by atoms with Gasteiger partial charge in [-0.05, 0) is 18.1 Å². The second-order valence-electron chi connectivity index (χ2n) is 4.57. The van der Waals surface area contributed by atoms with Gasteiger partial charge in [0.05, 0.1) is 12.8 Å². The van der Waals surface area contributed by atoms with Crippen LogP contribution in [0.2, 0.25) is 0 Å². The maximum absolute atomic E-state index is 7.59. The van der Waals surface area contributed by atoms with Gasteiger partial charge in [0.1, 0.15) is 11.6 Å². The standard InChI is InChI=1S/C13H21N3O/c1-9(2)8-16(3)12-7-10(17-4)5-6-11(12)13(14)15/h5-7,9H,8H2,1-4H3,(H3,14,15). The highest BCUT2D eigenvalue weighted by atomic mass is 16.5. The van der Waals surface area contributed by atoms with Crippen molar-refractivity contribution in [3.05, 3.63) is 23.8 Å². The van der Waals surface area contributed by atoms with Crippen molar-refractivity contribution in [1.82, 2.24) is 0 Å². The lowest BCUT2D eigenvalue weighted by molar-refractivity contribution is 0.414. The first-order chi connectivity index (χ1) is 7.95. The van der Waals surface area contributed by atoms with E-state index in [2.05, 4.69) is 18.7 Å². The third-order valence-corrected chi connectivity index (χ3v) is 2.55. The van der Waals surface area contributed by atoms with Crippen molar-refractivity contribution in [2.45, 2.75) is 13.8 Å². The molecule has 1 aromatic carbocycles. The minimum atomic E-state index is 0.0817. The Labute approximate surface area is 103 Å². The number of methoxy groups -OCH3 is 1. The van der Waals surface area contributed by atoms with E-state index in [9.17, 15) is 0 Å². The van der Waals surface area contributed by atoms with Crippen LogP contribution in [0.25, 0.3) is 0 Å². The minimum Gasteiger partial charge on any atom is -0.497 e. The molecule has 0 radical (unpaired) electrons. The average molecular weight is 235 g/mol. The monoisotopic (exact) mass is 235 g/mol. The summed E-state index contributed by atoms with van der Waals surface area (Å²) in [4.78, 5) is 2.10. The molecule has 4 nitrogen and oxygen atoms in total. The lowest BCUT2D eigenvalue weighted by Gasteiger charge is -2.24. The number of benzene rings is 1. The Hall–Kier alpha value is -1.71. The molecule has 0 unspecified atom stereocenters. The molecule has 1 aromatic rings. The molecule has 3 N–H and O–H groups in total. The number of amidine groups is 1. The van der Waals surface area contributed by atoms with Gasteiger partial charge in [0.25, 0.3) is 0 Å². The van der Waals surface area contributed by atoms with Crippen LogP contribution in [-0.4, -0.2) is 26.5 Å². The van der Waals surface area contributed by atoms with Crippen LogP contribution in [0.3, 0.4) is 0 Å². The molecule has 94 valence electrons. The van der Waals surface area contributed by atoms with Gasteiger partial charge in [-0.1, -0.05) is 13.8 Å². The normalized spacial score (nSPS) is 10.4. The van der Waals surface area contributed by atoms with E-state index in [0.29, 0.717) is 5.92 Å². The number of nitrogens with one attached hydrogen (secondary N) is 1. The Bertz CT molecular complexity index is 402. The molecule has 0 atom stereocenters. The summed E-state index contributed by atoms with van der Waals surface area (Å²) in [6.07, 6.45) is 0. The van der Waals surface area contributed by atoms with Crippen LogP contribution in [0.1, 0.15) is 19.4 Å². The van der Waals surface area contributed by atoms with Gasteiger partial charge in [0.15, 0.2) is 0 Å². The summed E-state index contributed by atoms with van der Waals surface area (Å²) in [5.41, 5.74) is 7.27.